The monoisotopic (exact) mass is 284 g/mol. The Balaban J connectivity index is 1.53. The van der Waals surface area contributed by atoms with Gasteiger partial charge in [0.2, 0.25) is 0 Å². The summed E-state index contributed by atoms with van der Waals surface area (Å²) in [5.74, 6) is 0.250. The smallest absolute Gasteiger partial charge is 0.317 e. The molecule has 0 bridgehead atoms. The minimum absolute atomic E-state index is 0.00372. The number of hydrogen-bond donors (Lipinski definition) is 2. The molecule has 1 heterocycles. The van der Waals surface area contributed by atoms with E-state index in [9.17, 15) is 4.79 Å². The van der Waals surface area contributed by atoms with Gasteiger partial charge < -0.3 is 20.1 Å². The van der Waals surface area contributed by atoms with Crippen molar-refractivity contribution >= 4 is 6.03 Å². The Labute approximate surface area is 121 Å². The number of aliphatic hydroxyl groups excluding tert-OH is 1. The Morgan fingerprint density at radius 1 is 1.25 bits per heavy atom. The Kier molecular flexibility index (Phi) is 6.60. The Morgan fingerprint density at radius 3 is 2.80 bits per heavy atom. The van der Waals surface area contributed by atoms with Crippen LogP contribution in [0.15, 0.2) is 0 Å². The lowest BCUT2D eigenvalue weighted by molar-refractivity contribution is 0.0568. The van der Waals surface area contributed by atoms with Crippen molar-refractivity contribution in [2.75, 3.05) is 32.8 Å². The Bertz CT molecular complexity index is 293. The maximum atomic E-state index is 12.0. The molecule has 0 aromatic rings. The van der Waals surface area contributed by atoms with Crippen molar-refractivity contribution in [1.29, 1.82) is 0 Å². The second kappa shape index (κ2) is 8.47. The summed E-state index contributed by atoms with van der Waals surface area (Å²) in [6.45, 7) is 3.08. The fourth-order valence-electron chi connectivity index (χ4n) is 3.08. The molecule has 2 fully saturated rings. The van der Waals surface area contributed by atoms with Gasteiger partial charge in [0, 0.05) is 32.8 Å². The maximum absolute atomic E-state index is 12.0. The number of likely N-dealkylation sites (tertiary alicyclic amines) is 1. The van der Waals surface area contributed by atoms with Gasteiger partial charge in [-0.05, 0) is 38.0 Å². The third-order valence-electron chi connectivity index (χ3n) is 4.32. The van der Waals surface area contributed by atoms with E-state index in [2.05, 4.69) is 5.32 Å². The number of aliphatic hydroxyl groups is 1. The van der Waals surface area contributed by atoms with Crippen molar-refractivity contribution in [3.05, 3.63) is 0 Å². The predicted octanol–water partition coefficient (Wildman–Crippen LogP) is 1.75. The first kappa shape index (κ1) is 15.6. The van der Waals surface area contributed by atoms with Crippen LogP contribution in [0.25, 0.3) is 0 Å². The summed E-state index contributed by atoms with van der Waals surface area (Å²) in [7, 11) is 0. The van der Waals surface area contributed by atoms with E-state index in [0.717, 1.165) is 32.4 Å². The van der Waals surface area contributed by atoms with Gasteiger partial charge in [-0.25, -0.2) is 4.79 Å². The number of carbonyl (C=O) groups is 1. The van der Waals surface area contributed by atoms with Crippen LogP contribution in [0.5, 0.6) is 0 Å². The number of carbonyl (C=O) groups excluding carboxylic acids is 1. The van der Waals surface area contributed by atoms with Crippen LogP contribution in [0.4, 0.5) is 4.79 Å². The lowest BCUT2D eigenvalue weighted by Crippen LogP contribution is -2.46. The van der Waals surface area contributed by atoms with Gasteiger partial charge in [-0.1, -0.05) is 12.8 Å². The molecule has 20 heavy (non-hydrogen) atoms. The lowest BCUT2D eigenvalue weighted by Gasteiger charge is -2.31. The van der Waals surface area contributed by atoms with Crippen molar-refractivity contribution < 1.29 is 14.6 Å². The molecule has 1 saturated carbocycles. The van der Waals surface area contributed by atoms with Gasteiger partial charge >= 0.3 is 6.03 Å². The molecule has 1 atom stereocenters. The molecule has 5 nitrogen and oxygen atoms in total. The van der Waals surface area contributed by atoms with Crippen molar-refractivity contribution in [3.63, 3.8) is 0 Å². The largest absolute Gasteiger partial charge is 0.396 e. The second-order valence-electron chi connectivity index (χ2n) is 6.00. The summed E-state index contributed by atoms with van der Waals surface area (Å²) in [6, 6.07) is 0.00372. The van der Waals surface area contributed by atoms with Crippen molar-refractivity contribution in [3.8, 4) is 0 Å². The first-order valence-electron chi connectivity index (χ1n) is 8.05. The molecule has 1 aliphatic heterocycles. The zero-order valence-corrected chi connectivity index (χ0v) is 12.4. The molecule has 0 spiro atoms. The Morgan fingerprint density at radius 2 is 2.05 bits per heavy atom. The number of piperidine rings is 1. The normalized spacial score (nSPS) is 24.1. The second-order valence-corrected chi connectivity index (χ2v) is 6.00. The highest BCUT2D eigenvalue weighted by Gasteiger charge is 2.22. The fraction of sp³-hybridized carbons (Fsp3) is 0.933. The average Bonchev–Trinajstić information content (AvgIpc) is 3.00. The number of urea groups is 1. The number of rotatable bonds is 6. The summed E-state index contributed by atoms with van der Waals surface area (Å²) in [6.07, 6.45) is 8.33. The molecular weight excluding hydrogens is 256 g/mol. The standard InChI is InChI=1S/C15H28N2O3/c18-12-13-5-3-9-17(11-13)15(19)16-8-4-10-20-14-6-1-2-7-14/h13-14,18H,1-12H2,(H,16,19). The van der Waals surface area contributed by atoms with Gasteiger partial charge in [0.05, 0.1) is 6.10 Å². The van der Waals surface area contributed by atoms with Crippen molar-refractivity contribution in [2.45, 2.75) is 51.0 Å². The van der Waals surface area contributed by atoms with Gasteiger partial charge in [-0.3, -0.25) is 0 Å². The van der Waals surface area contributed by atoms with E-state index in [4.69, 9.17) is 9.84 Å². The minimum Gasteiger partial charge on any atom is -0.396 e. The van der Waals surface area contributed by atoms with Crippen LogP contribution in [0.3, 0.4) is 0 Å². The van der Waals surface area contributed by atoms with Crippen molar-refractivity contribution in [1.82, 2.24) is 10.2 Å². The third kappa shape index (κ3) is 4.94. The highest BCUT2D eigenvalue weighted by molar-refractivity contribution is 5.74. The molecule has 116 valence electrons. The predicted molar refractivity (Wildman–Crippen MR) is 77.6 cm³/mol. The first-order chi connectivity index (χ1) is 9.79. The van der Waals surface area contributed by atoms with E-state index in [1.165, 1.54) is 25.7 Å². The maximum Gasteiger partial charge on any atom is 0.317 e. The van der Waals surface area contributed by atoms with E-state index in [-0.39, 0.29) is 18.6 Å². The Hall–Kier alpha value is -0.810. The van der Waals surface area contributed by atoms with Crippen LogP contribution < -0.4 is 5.32 Å². The van der Waals surface area contributed by atoms with Gasteiger partial charge in [0.1, 0.15) is 0 Å². The zero-order valence-electron chi connectivity index (χ0n) is 12.4. The first-order valence-corrected chi connectivity index (χ1v) is 8.05. The molecular formula is C15H28N2O3. The van der Waals surface area contributed by atoms with Gasteiger partial charge in [-0.15, -0.1) is 0 Å². The van der Waals surface area contributed by atoms with Crippen LogP contribution in [0, 0.1) is 5.92 Å². The van der Waals surface area contributed by atoms with Crippen LogP contribution in [-0.4, -0.2) is 55.0 Å². The molecule has 1 saturated heterocycles. The average molecular weight is 284 g/mol. The molecule has 0 radical (unpaired) electrons. The van der Waals surface area contributed by atoms with E-state index >= 15 is 0 Å². The van der Waals surface area contributed by atoms with Crippen LogP contribution in [0.1, 0.15) is 44.9 Å². The van der Waals surface area contributed by atoms with E-state index in [1.807, 2.05) is 4.90 Å². The topological polar surface area (TPSA) is 61.8 Å². The van der Waals surface area contributed by atoms with E-state index in [1.54, 1.807) is 0 Å². The third-order valence-corrected chi connectivity index (χ3v) is 4.32. The minimum atomic E-state index is 0.00372. The molecule has 5 heteroatoms. The van der Waals surface area contributed by atoms with Gasteiger partial charge in [0.15, 0.2) is 0 Å². The summed E-state index contributed by atoms with van der Waals surface area (Å²) in [5, 5.41) is 12.1. The molecule has 0 aromatic heterocycles. The highest BCUT2D eigenvalue weighted by Crippen LogP contribution is 2.20. The summed E-state index contributed by atoms with van der Waals surface area (Å²) >= 11 is 0. The van der Waals surface area contributed by atoms with Crippen LogP contribution >= 0.6 is 0 Å². The number of nitrogens with zero attached hydrogens (tertiary/aromatic N) is 1. The number of amides is 2. The summed E-state index contributed by atoms with van der Waals surface area (Å²) in [4.78, 5) is 13.8. The van der Waals surface area contributed by atoms with Crippen molar-refractivity contribution in [2.24, 2.45) is 5.92 Å². The molecule has 2 rings (SSSR count). The molecule has 1 aliphatic carbocycles. The molecule has 2 aliphatic rings. The summed E-state index contributed by atoms with van der Waals surface area (Å²) in [5.41, 5.74) is 0. The highest BCUT2D eigenvalue weighted by atomic mass is 16.5. The van der Waals surface area contributed by atoms with E-state index in [0.29, 0.717) is 19.2 Å². The SMILES string of the molecule is O=C(NCCCOC1CCCC1)N1CCCC(CO)C1. The lowest BCUT2D eigenvalue weighted by atomic mass is 9.99. The summed E-state index contributed by atoms with van der Waals surface area (Å²) < 4.78 is 5.77. The number of hydrogen-bond acceptors (Lipinski definition) is 3. The molecule has 2 amide bonds. The number of nitrogens with one attached hydrogen (secondary N) is 1. The zero-order chi connectivity index (χ0) is 14.2. The number of ether oxygens (including phenoxy) is 1. The van der Waals surface area contributed by atoms with Gasteiger partial charge in [-0.2, -0.15) is 0 Å². The fourth-order valence-corrected chi connectivity index (χ4v) is 3.08. The van der Waals surface area contributed by atoms with Crippen LogP contribution in [0.2, 0.25) is 0 Å². The van der Waals surface area contributed by atoms with Crippen LogP contribution in [-0.2, 0) is 4.74 Å². The molecule has 0 aromatic carbocycles. The quantitative estimate of drug-likeness (QED) is 0.731. The van der Waals surface area contributed by atoms with Gasteiger partial charge in [0.25, 0.3) is 0 Å². The van der Waals surface area contributed by atoms with E-state index < -0.39 is 0 Å². The molecule has 2 N–H and O–H groups in total. The molecule has 1 unspecified atom stereocenters.